The first-order chi connectivity index (χ1) is 8.65. The van der Waals surface area contributed by atoms with Crippen molar-refractivity contribution in [3.63, 3.8) is 0 Å². The van der Waals surface area contributed by atoms with Gasteiger partial charge in [0, 0.05) is 19.2 Å². The molecule has 1 heterocycles. The predicted octanol–water partition coefficient (Wildman–Crippen LogP) is 3.52. The maximum atomic E-state index is 13.0. The zero-order chi connectivity index (χ0) is 13.0. The number of anilines is 1. The highest BCUT2D eigenvalue weighted by molar-refractivity contribution is 7.22. The van der Waals surface area contributed by atoms with Crippen LogP contribution in [-0.2, 0) is 4.74 Å². The Morgan fingerprint density at radius 1 is 1.44 bits per heavy atom. The minimum Gasteiger partial charge on any atom is -0.379 e. The predicted molar refractivity (Wildman–Crippen MR) is 73.7 cm³/mol. The Balaban J connectivity index is 1.84. The number of nitrogens with zero attached hydrogens (tertiary/aromatic N) is 1. The summed E-state index contributed by atoms with van der Waals surface area (Å²) in [6.07, 6.45) is 0. The highest BCUT2D eigenvalue weighted by Gasteiger charge is 2.04. The Bertz CT molecular complexity index is 513. The van der Waals surface area contributed by atoms with Gasteiger partial charge in [0.1, 0.15) is 5.82 Å². The van der Waals surface area contributed by atoms with Gasteiger partial charge in [-0.25, -0.2) is 9.37 Å². The largest absolute Gasteiger partial charge is 0.379 e. The summed E-state index contributed by atoms with van der Waals surface area (Å²) in [4.78, 5) is 4.32. The van der Waals surface area contributed by atoms with E-state index in [1.54, 1.807) is 6.07 Å². The highest BCUT2D eigenvalue weighted by Crippen LogP contribution is 2.25. The van der Waals surface area contributed by atoms with Crippen molar-refractivity contribution in [2.24, 2.45) is 5.92 Å². The van der Waals surface area contributed by atoms with Crippen LogP contribution >= 0.6 is 11.3 Å². The summed E-state index contributed by atoms with van der Waals surface area (Å²) in [5, 5.41) is 4.00. The monoisotopic (exact) mass is 268 g/mol. The summed E-state index contributed by atoms with van der Waals surface area (Å²) in [5.41, 5.74) is 0.700. The van der Waals surface area contributed by atoms with Crippen LogP contribution in [0.5, 0.6) is 0 Å². The average molecular weight is 268 g/mol. The van der Waals surface area contributed by atoms with Crippen LogP contribution in [0.3, 0.4) is 0 Å². The molecule has 0 atom stereocenters. The van der Waals surface area contributed by atoms with E-state index < -0.39 is 0 Å². The summed E-state index contributed by atoms with van der Waals surface area (Å²) in [5.74, 6) is 0.301. The molecule has 0 radical (unpaired) electrons. The molecule has 0 saturated carbocycles. The van der Waals surface area contributed by atoms with Crippen molar-refractivity contribution >= 4 is 26.7 Å². The number of nitrogens with one attached hydrogen (secondary N) is 1. The molecule has 0 bridgehead atoms. The van der Waals surface area contributed by atoms with E-state index in [1.807, 2.05) is 0 Å². The van der Waals surface area contributed by atoms with Crippen LogP contribution in [0.1, 0.15) is 13.8 Å². The summed E-state index contributed by atoms with van der Waals surface area (Å²) in [7, 11) is 0. The molecular weight excluding hydrogens is 251 g/mol. The molecule has 0 spiro atoms. The van der Waals surface area contributed by atoms with Gasteiger partial charge in [0.25, 0.3) is 0 Å². The second-order valence-corrected chi connectivity index (χ2v) is 5.56. The van der Waals surface area contributed by atoms with Crippen molar-refractivity contribution in [3.05, 3.63) is 24.0 Å². The molecule has 1 aromatic heterocycles. The second kappa shape index (κ2) is 6.11. The molecule has 1 N–H and O–H groups in total. The number of ether oxygens (including phenoxy) is 1. The molecule has 0 unspecified atom stereocenters. The third-order valence-corrected chi connectivity index (χ3v) is 3.32. The zero-order valence-corrected chi connectivity index (χ0v) is 11.4. The molecule has 1 aromatic carbocycles. The minimum atomic E-state index is -0.250. The van der Waals surface area contributed by atoms with E-state index in [-0.39, 0.29) is 5.82 Å². The minimum absolute atomic E-state index is 0.250. The van der Waals surface area contributed by atoms with E-state index >= 15 is 0 Å². The molecule has 2 aromatic rings. The first kappa shape index (κ1) is 13.2. The third-order valence-electron chi connectivity index (χ3n) is 2.32. The second-order valence-electron chi connectivity index (χ2n) is 4.53. The smallest absolute Gasteiger partial charge is 0.183 e. The Hall–Kier alpha value is -1.20. The molecule has 0 saturated heterocycles. The van der Waals surface area contributed by atoms with Gasteiger partial charge in [-0.05, 0) is 18.1 Å². The highest BCUT2D eigenvalue weighted by atomic mass is 32.1. The van der Waals surface area contributed by atoms with Gasteiger partial charge in [0.05, 0.1) is 16.8 Å². The van der Waals surface area contributed by atoms with Gasteiger partial charge < -0.3 is 10.1 Å². The van der Waals surface area contributed by atoms with Crippen molar-refractivity contribution in [2.75, 3.05) is 25.1 Å². The normalized spacial score (nSPS) is 11.3. The SMILES string of the molecule is CC(C)COCCNc1nc2cc(F)ccc2s1. The number of halogens is 1. The standard InChI is InChI=1S/C13H17FN2OS/c1-9(2)8-17-6-5-15-13-16-11-7-10(14)3-4-12(11)18-13/h3-4,7,9H,5-6,8H2,1-2H3,(H,15,16). The van der Waals surface area contributed by atoms with Crippen LogP contribution in [-0.4, -0.2) is 24.7 Å². The zero-order valence-electron chi connectivity index (χ0n) is 10.6. The maximum absolute atomic E-state index is 13.0. The summed E-state index contributed by atoms with van der Waals surface area (Å²) < 4.78 is 19.5. The molecule has 0 aliphatic rings. The molecule has 98 valence electrons. The first-order valence-corrected chi connectivity index (χ1v) is 6.84. The van der Waals surface area contributed by atoms with Crippen LogP contribution in [0.15, 0.2) is 18.2 Å². The lowest BCUT2D eigenvalue weighted by molar-refractivity contribution is 0.118. The molecule has 3 nitrogen and oxygen atoms in total. The lowest BCUT2D eigenvalue weighted by Crippen LogP contribution is -2.11. The molecule has 5 heteroatoms. The van der Waals surface area contributed by atoms with Crippen LogP contribution in [0.25, 0.3) is 10.2 Å². The van der Waals surface area contributed by atoms with Gasteiger partial charge in [-0.2, -0.15) is 0 Å². The Labute approximate surface area is 110 Å². The van der Waals surface area contributed by atoms with Gasteiger partial charge in [-0.3, -0.25) is 0 Å². The molecule has 0 aliphatic carbocycles. The van der Waals surface area contributed by atoms with Gasteiger partial charge in [0.15, 0.2) is 5.13 Å². The fourth-order valence-electron chi connectivity index (χ4n) is 1.53. The van der Waals surface area contributed by atoms with Gasteiger partial charge in [-0.1, -0.05) is 25.2 Å². The van der Waals surface area contributed by atoms with Gasteiger partial charge >= 0.3 is 0 Å². The Kier molecular flexibility index (Phi) is 4.49. The van der Waals surface area contributed by atoms with Crippen LogP contribution in [0.2, 0.25) is 0 Å². The number of rotatable bonds is 6. The van der Waals surface area contributed by atoms with Gasteiger partial charge in [0.2, 0.25) is 0 Å². The van der Waals surface area contributed by atoms with Crippen LogP contribution in [0.4, 0.5) is 9.52 Å². The quantitative estimate of drug-likeness (QED) is 0.814. The lowest BCUT2D eigenvalue weighted by Gasteiger charge is -2.06. The van der Waals surface area contributed by atoms with Crippen LogP contribution in [0, 0.1) is 11.7 Å². The molecular formula is C13H17FN2OS. The summed E-state index contributed by atoms with van der Waals surface area (Å²) >= 11 is 1.53. The third kappa shape index (κ3) is 3.65. The van der Waals surface area contributed by atoms with Crippen molar-refractivity contribution in [3.8, 4) is 0 Å². The fraction of sp³-hybridized carbons (Fsp3) is 0.462. The van der Waals surface area contributed by atoms with E-state index in [2.05, 4.69) is 24.1 Å². The van der Waals surface area contributed by atoms with Crippen molar-refractivity contribution in [2.45, 2.75) is 13.8 Å². The summed E-state index contributed by atoms with van der Waals surface area (Å²) in [6, 6.07) is 4.66. The maximum Gasteiger partial charge on any atom is 0.183 e. The molecule has 18 heavy (non-hydrogen) atoms. The Morgan fingerprint density at radius 2 is 2.28 bits per heavy atom. The number of thiazole rings is 1. The topological polar surface area (TPSA) is 34.1 Å². The van der Waals surface area contributed by atoms with E-state index in [1.165, 1.54) is 23.5 Å². The number of benzene rings is 1. The summed E-state index contributed by atoms with van der Waals surface area (Å²) in [6.45, 7) is 6.38. The number of aromatic nitrogens is 1. The number of hydrogen-bond donors (Lipinski definition) is 1. The van der Waals surface area contributed by atoms with E-state index in [9.17, 15) is 4.39 Å². The number of hydrogen-bond acceptors (Lipinski definition) is 4. The average Bonchev–Trinajstić information content (AvgIpc) is 2.70. The van der Waals surface area contributed by atoms with E-state index in [0.717, 1.165) is 23.0 Å². The molecule has 0 amide bonds. The molecule has 2 rings (SSSR count). The lowest BCUT2D eigenvalue weighted by atomic mass is 10.2. The fourth-order valence-corrected chi connectivity index (χ4v) is 2.40. The van der Waals surface area contributed by atoms with Crippen molar-refractivity contribution in [1.82, 2.24) is 4.98 Å². The van der Waals surface area contributed by atoms with Crippen molar-refractivity contribution in [1.29, 1.82) is 0 Å². The van der Waals surface area contributed by atoms with Crippen LogP contribution < -0.4 is 5.32 Å². The molecule has 0 aliphatic heterocycles. The van der Waals surface area contributed by atoms with Crippen molar-refractivity contribution < 1.29 is 9.13 Å². The molecule has 0 fully saturated rings. The Morgan fingerprint density at radius 3 is 3.06 bits per heavy atom. The van der Waals surface area contributed by atoms with E-state index in [0.29, 0.717) is 18.0 Å². The van der Waals surface area contributed by atoms with E-state index in [4.69, 9.17) is 4.74 Å². The number of fused-ring (bicyclic) bond motifs is 1. The first-order valence-electron chi connectivity index (χ1n) is 6.03. The van der Waals surface area contributed by atoms with Gasteiger partial charge in [-0.15, -0.1) is 0 Å².